The Hall–Kier alpha value is -1.94. The molecule has 0 heterocycles. The number of nitrogens with one attached hydrogen (secondary N) is 2. The van der Waals surface area contributed by atoms with Crippen LogP contribution in [0.4, 0.5) is 15.8 Å². The fraction of sp³-hybridized carbons (Fsp3) is 0.235. The summed E-state index contributed by atoms with van der Waals surface area (Å²) in [7, 11) is 0. The number of benzene rings is 2. The van der Waals surface area contributed by atoms with E-state index in [9.17, 15) is 4.39 Å². The molecule has 0 fully saturated rings. The lowest BCUT2D eigenvalue weighted by Crippen LogP contribution is -2.20. The highest BCUT2D eigenvalue weighted by Gasteiger charge is 2.06. The van der Waals surface area contributed by atoms with Gasteiger partial charge in [0.05, 0.1) is 5.69 Å². The number of halogens is 1. The summed E-state index contributed by atoms with van der Waals surface area (Å²) in [4.78, 5) is 0. The highest BCUT2D eigenvalue weighted by Crippen LogP contribution is 2.19. The van der Waals surface area contributed by atoms with Gasteiger partial charge in [-0.15, -0.1) is 0 Å². The Balaban J connectivity index is 2.04. The maximum absolute atomic E-state index is 13.6. The highest BCUT2D eigenvalue weighted by molar-refractivity contribution is 7.80. The largest absolute Gasteiger partial charge is 0.332 e. The van der Waals surface area contributed by atoms with Gasteiger partial charge in [0.15, 0.2) is 5.11 Å². The van der Waals surface area contributed by atoms with Gasteiger partial charge < -0.3 is 10.6 Å². The van der Waals surface area contributed by atoms with E-state index < -0.39 is 0 Å². The molecule has 0 spiro atoms. The van der Waals surface area contributed by atoms with Crippen molar-refractivity contribution in [2.24, 2.45) is 0 Å². The van der Waals surface area contributed by atoms with E-state index in [0.29, 0.717) is 10.8 Å². The fourth-order valence-corrected chi connectivity index (χ4v) is 2.29. The first-order chi connectivity index (χ1) is 10.2. The van der Waals surface area contributed by atoms with Gasteiger partial charge in [-0.05, 0) is 48.8 Å². The van der Waals surface area contributed by atoms with Crippen LogP contribution in [0.3, 0.4) is 0 Å². The summed E-state index contributed by atoms with van der Waals surface area (Å²) in [6.07, 6.45) is 3.28. The number of unbranched alkanes of at least 4 members (excludes halogenated alkanes) is 1. The van der Waals surface area contributed by atoms with Crippen LogP contribution < -0.4 is 10.6 Å². The molecule has 2 nitrogen and oxygen atoms in total. The molecule has 0 aromatic heterocycles. The minimum atomic E-state index is -0.319. The van der Waals surface area contributed by atoms with E-state index in [1.807, 2.05) is 18.2 Å². The molecule has 0 atom stereocenters. The molecule has 2 rings (SSSR count). The number of hydrogen-bond acceptors (Lipinski definition) is 1. The van der Waals surface area contributed by atoms with Crippen molar-refractivity contribution in [2.75, 3.05) is 10.6 Å². The van der Waals surface area contributed by atoms with Crippen LogP contribution in [0, 0.1) is 5.82 Å². The van der Waals surface area contributed by atoms with E-state index in [1.165, 1.54) is 11.6 Å². The summed E-state index contributed by atoms with van der Waals surface area (Å²) < 4.78 is 13.6. The molecule has 2 aromatic rings. The van der Waals surface area contributed by atoms with Crippen molar-refractivity contribution in [3.05, 3.63) is 59.9 Å². The lowest BCUT2D eigenvalue weighted by atomic mass is 10.1. The number of aryl methyl sites for hydroxylation is 1. The van der Waals surface area contributed by atoms with Gasteiger partial charge in [-0.1, -0.05) is 43.7 Å². The van der Waals surface area contributed by atoms with Crippen LogP contribution >= 0.6 is 12.2 Å². The van der Waals surface area contributed by atoms with E-state index in [-0.39, 0.29) is 5.82 Å². The second kappa shape index (κ2) is 7.74. The van der Waals surface area contributed by atoms with Crippen molar-refractivity contribution in [1.29, 1.82) is 0 Å². The van der Waals surface area contributed by atoms with Gasteiger partial charge in [0, 0.05) is 5.69 Å². The summed E-state index contributed by atoms with van der Waals surface area (Å²) in [6.45, 7) is 2.17. The zero-order chi connectivity index (χ0) is 15.1. The molecule has 2 aromatic carbocycles. The molecule has 0 aliphatic carbocycles. The first-order valence-electron chi connectivity index (χ1n) is 7.11. The molecule has 4 heteroatoms. The van der Waals surface area contributed by atoms with Crippen LogP contribution in [0.5, 0.6) is 0 Å². The summed E-state index contributed by atoms with van der Waals surface area (Å²) in [6, 6.07) is 14.5. The van der Waals surface area contributed by atoms with Gasteiger partial charge in [0.2, 0.25) is 0 Å². The molecule has 0 saturated carbocycles. The van der Waals surface area contributed by atoms with Crippen molar-refractivity contribution in [2.45, 2.75) is 26.2 Å². The fourth-order valence-electron chi connectivity index (χ4n) is 2.07. The van der Waals surface area contributed by atoms with Crippen molar-refractivity contribution in [3.8, 4) is 0 Å². The highest BCUT2D eigenvalue weighted by atomic mass is 32.1. The van der Waals surface area contributed by atoms with Crippen molar-refractivity contribution in [3.63, 3.8) is 0 Å². The Kier molecular flexibility index (Phi) is 5.69. The van der Waals surface area contributed by atoms with Gasteiger partial charge >= 0.3 is 0 Å². The molecule has 0 unspecified atom stereocenters. The zero-order valence-corrected chi connectivity index (χ0v) is 12.8. The molecular weight excluding hydrogens is 283 g/mol. The van der Waals surface area contributed by atoms with Crippen molar-refractivity contribution >= 4 is 28.7 Å². The Morgan fingerprint density at radius 2 is 1.62 bits per heavy atom. The maximum atomic E-state index is 13.6. The summed E-state index contributed by atoms with van der Waals surface area (Å²) in [5.74, 6) is -0.319. The van der Waals surface area contributed by atoms with Gasteiger partial charge in [-0.25, -0.2) is 4.39 Å². The molecule has 0 aliphatic heterocycles. The number of anilines is 2. The first kappa shape index (κ1) is 15.4. The third-order valence-corrected chi connectivity index (χ3v) is 3.39. The summed E-state index contributed by atoms with van der Waals surface area (Å²) in [5, 5.41) is 6.43. The molecular formula is C17H19FN2S. The van der Waals surface area contributed by atoms with Crippen LogP contribution in [0.15, 0.2) is 48.5 Å². The van der Waals surface area contributed by atoms with Crippen molar-refractivity contribution < 1.29 is 4.39 Å². The van der Waals surface area contributed by atoms with Gasteiger partial charge in [0.25, 0.3) is 0 Å². The van der Waals surface area contributed by atoms with Crippen LogP contribution in [0.2, 0.25) is 0 Å². The standard InChI is InChI=1S/C17H19FN2S/c1-2-3-8-13-9-4-6-11-15(13)19-17(21)20-16-12-7-5-10-14(16)18/h4-7,9-12H,2-3,8H2,1H3,(H2,19,20,21). The van der Waals surface area contributed by atoms with E-state index in [2.05, 4.69) is 23.6 Å². The molecule has 110 valence electrons. The summed E-state index contributed by atoms with van der Waals surface area (Å²) in [5.41, 5.74) is 2.57. The average Bonchev–Trinajstić information content (AvgIpc) is 2.49. The molecule has 21 heavy (non-hydrogen) atoms. The molecule has 0 saturated heterocycles. The number of thiocarbonyl (C=S) groups is 1. The number of rotatable bonds is 5. The lowest BCUT2D eigenvalue weighted by Gasteiger charge is -2.14. The zero-order valence-electron chi connectivity index (χ0n) is 12.0. The minimum absolute atomic E-state index is 0.319. The van der Waals surface area contributed by atoms with Crippen LogP contribution in [0.25, 0.3) is 0 Å². The van der Waals surface area contributed by atoms with Crippen LogP contribution in [-0.4, -0.2) is 5.11 Å². The van der Waals surface area contributed by atoms with E-state index in [4.69, 9.17) is 12.2 Å². The molecule has 0 radical (unpaired) electrons. The number of para-hydroxylation sites is 2. The normalized spacial score (nSPS) is 10.2. The second-order valence-corrected chi connectivity index (χ2v) is 5.23. The second-order valence-electron chi connectivity index (χ2n) is 4.82. The smallest absolute Gasteiger partial charge is 0.175 e. The summed E-state index contributed by atoms with van der Waals surface area (Å²) >= 11 is 5.26. The molecule has 0 bridgehead atoms. The topological polar surface area (TPSA) is 24.1 Å². The Morgan fingerprint density at radius 3 is 2.33 bits per heavy atom. The average molecular weight is 302 g/mol. The predicted molar refractivity (Wildman–Crippen MR) is 91.3 cm³/mol. The third-order valence-electron chi connectivity index (χ3n) is 3.19. The quantitative estimate of drug-likeness (QED) is 0.762. The van der Waals surface area contributed by atoms with Crippen LogP contribution in [0.1, 0.15) is 25.3 Å². The van der Waals surface area contributed by atoms with E-state index >= 15 is 0 Å². The molecule has 2 N–H and O–H groups in total. The maximum Gasteiger partial charge on any atom is 0.175 e. The Bertz CT molecular complexity index is 613. The third kappa shape index (κ3) is 4.53. The Labute approximate surface area is 130 Å². The van der Waals surface area contributed by atoms with Gasteiger partial charge in [-0.2, -0.15) is 0 Å². The van der Waals surface area contributed by atoms with Gasteiger partial charge in [0.1, 0.15) is 5.82 Å². The van der Waals surface area contributed by atoms with Gasteiger partial charge in [-0.3, -0.25) is 0 Å². The molecule has 0 aliphatic rings. The first-order valence-corrected chi connectivity index (χ1v) is 7.52. The monoisotopic (exact) mass is 302 g/mol. The van der Waals surface area contributed by atoms with E-state index in [0.717, 1.165) is 24.9 Å². The van der Waals surface area contributed by atoms with Crippen molar-refractivity contribution in [1.82, 2.24) is 0 Å². The molecule has 0 amide bonds. The lowest BCUT2D eigenvalue weighted by molar-refractivity contribution is 0.632. The SMILES string of the molecule is CCCCc1ccccc1NC(=S)Nc1ccccc1F. The number of hydrogen-bond donors (Lipinski definition) is 2. The predicted octanol–water partition coefficient (Wildman–Crippen LogP) is 4.98. The van der Waals surface area contributed by atoms with E-state index in [1.54, 1.807) is 18.2 Å². The Morgan fingerprint density at radius 1 is 1.00 bits per heavy atom. The minimum Gasteiger partial charge on any atom is -0.332 e. The van der Waals surface area contributed by atoms with Crippen LogP contribution in [-0.2, 0) is 6.42 Å².